The van der Waals surface area contributed by atoms with E-state index in [1.54, 1.807) is 0 Å². The molecule has 0 radical (unpaired) electrons. The molecule has 0 amide bonds. The van der Waals surface area contributed by atoms with Crippen molar-refractivity contribution in [1.82, 2.24) is 9.13 Å². The second-order valence-corrected chi connectivity index (χ2v) is 16.3. The van der Waals surface area contributed by atoms with Gasteiger partial charge < -0.3 is 23.3 Å². The summed E-state index contributed by atoms with van der Waals surface area (Å²) < 4.78 is 26.1. The van der Waals surface area contributed by atoms with E-state index in [4.69, 9.17) is 14.2 Å². The molecule has 7 heteroatoms. The largest absolute Gasteiger partial charge is 0.459 e. The summed E-state index contributed by atoms with van der Waals surface area (Å²) in [4.78, 5) is 0. The van der Waals surface area contributed by atoms with Crippen LogP contribution < -0.4 is 47.0 Å². The van der Waals surface area contributed by atoms with Gasteiger partial charge in [0.2, 0.25) is 0 Å². The van der Waals surface area contributed by atoms with Gasteiger partial charge in [-0.05, 0) is 76.4 Å². The lowest BCUT2D eigenvalue weighted by Gasteiger charge is -2.38. The second-order valence-electron chi connectivity index (χ2n) is 16.3. The van der Waals surface area contributed by atoms with Gasteiger partial charge in [-0.15, -0.1) is 0 Å². The summed E-state index contributed by atoms with van der Waals surface area (Å²) in [5, 5.41) is 4.84. The number of hydrogen-bond donors (Lipinski definition) is 0. The molecule has 0 spiro atoms. The Balaban J connectivity index is 1.16. The van der Waals surface area contributed by atoms with Crippen molar-refractivity contribution >= 4 is 89.8 Å². The fourth-order valence-electron chi connectivity index (χ4n) is 10.8. The van der Waals surface area contributed by atoms with Crippen LogP contribution in [0.1, 0.15) is 0 Å². The van der Waals surface area contributed by atoms with Gasteiger partial charge in [0, 0.05) is 49.9 Å². The lowest BCUT2D eigenvalue weighted by molar-refractivity contribution is 0.447. The normalized spacial score (nSPS) is 13.2. The zero-order valence-corrected chi connectivity index (χ0v) is 32.7. The average Bonchev–Trinajstić information content (AvgIpc) is 3.83. The second kappa shape index (κ2) is 12.3. The molecule has 0 fully saturated rings. The summed E-state index contributed by atoms with van der Waals surface area (Å²) in [6.45, 7) is -0.429. The Bertz CT molecular complexity index is 3430. The minimum atomic E-state index is -0.339. The average molecular weight is 778 g/mol. The van der Waals surface area contributed by atoms with E-state index in [9.17, 15) is 0 Å². The van der Waals surface area contributed by atoms with Crippen LogP contribution in [-0.4, -0.2) is 22.6 Å². The minimum Gasteiger partial charge on any atom is -0.459 e. The molecule has 0 N–H and O–H groups in total. The quantitative estimate of drug-likeness (QED) is 0.168. The molecule has 0 aliphatic carbocycles. The van der Waals surface area contributed by atoms with Crippen LogP contribution in [0.4, 0.5) is 0 Å². The van der Waals surface area contributed by atoms with Crippen molar-refractivity contribution in [3.05, 3.63) is 194 Å². The molecule has 61 heavy (non-hydrogen) atoms. The summed E-state index contributed by atoms with van der Waals surface area (Å²) in [6, 6.07) is 69.4. The molecule has 2 aromatic heterocycles. The topological polar surface area (TPSA) is 37.5 Å². The Morgan fingerprint density at radius 1 is 0.295 bits per heavy atom. The zero-order chi connectivity index (χ0) is 39.8. The van der Waals surface area contributed by atoms with Crippen molar-refractivity contribution < 1.29 is 14.2 Å². The van der Waals surface area contributed by atoms with E-state index < -0.39 is 0 Å². The Hall–Kier alpha value is -7.89. The standard InChI is InChI=1S/C54H32B2N2O3/c1-8-23-40-33(16-1)34-17-2-9-24-41(34)57(40)44-27-15-28-45(58-42-25-10-3-18-35(42)36-19-4-11-26-43(36)58)51(44)56-39-22-7-13-30-47(39)60-50-32-49-52-54(53(50)56)61-48-31-14-6-21-38(48)55(52)37-20-5-12-29-46(37)59-49/h1-32H. The first kappa shape index (κ1) is 33.0. The summed E-state index contributed by atoms with van der Waals surface area (Å²) in [7, 11) is 0. The highest BCUT2D eigenvalue weighted by molar-refractivity contribution is 7.01. The van der Waals surface area contributed by atoms with Gasteiger partial charge in [0.05, 0.1) is 22.1 Å². The van der Waals surface area contributed by atoms with E-state index in [0.717, 1.165) is 101 Å². The lowest BCUT2D eigenvalue weighted by Crippen LogP contribution is -2.62. The number of ether oxygens (including phenoxy) is 3. The van der Waals surface area contributed by atoms with Gasteiger partial charge in [-0.3, -0.25) is 0 Å². The molecule has 3 aliphatic rings. The van der Waals surface area contributed by atoms with Gasteiger partial charge in [0.25, 0.3) is 13.4 Å². The van der Waals surface area contributed by atoms with Gasteiger partial charge in [0.15, 0.2) is 0 Å². The number of rotatable bonds is 3. The van der Waals surface area contributed by atoms with Crippen molar-refractivity contribution in [3.8, 4) is 45.9 Å². The molecular weight excluding hydrogens is 746 g/mol. The maximum absolute atomic E-state index is 7.27. The molecular formula is C54H32B2N2O3. The van der Waals surface area contributed by atoms with Gasteiger partial charge >= 0.3 is 0 Å². The van der Waals surface area contributed by atoms with E-state index in [-0.39, 0.29) is 13.4 Å². The Morgan fingerprint density at radius 3 is 1.11 bits per heavy atom. The van der Waals surface area contributed by atoms with Crippen LogP contribution in [0.3, 0.4) is 0 Å². The first-order valence-corrected chi connectivity index (χ1v) is 20.9. The molecule has 0 bridgehead atoms. The highest BCUT2D eigenvalue weighted by atomic mass is 16.5. The van der Waals surface area contributed by atoms with Gasteiger partial charge in [-0.25, -0.2) is 0 Å². The van der Waals surface area contributed by atoms with Crippen LogP contribution >= 0.6 is 0 Å². The maximum atomic E-state index is 7.27. The van der Waals surface area contributed by atoms with E-state index in [1.165, 1.54) is 21.5 Å². The van der Waals surface area contributed by atoms with Crippen molar-refractivity contribution in [2.45, 2.75) is 0 Å². The van der Waals surface area contributed by atoms with Crippen molar-refractivity contribution in [2.24, 2.45) is 0 Å². The molecule has 14 rings (SSSR count). The molecule has 3 aliphatic heterocycles. The molecule has 0 saturated carbocycles. The third-order valence-corrected chi connectivity index (χ3v) is 13.2. The predicted octanol–water partition coefficient (Wildman–Crippen LogP) is 9.23. The van der Waals surface area contributed by atoms with E-state index in [2.05, 4.69) is 197 Å². The fourth-order valence-corrected chi connectivity index (χ4v) is 10.8. The summed E-state index contributed by atoms with van der Waals surface area (Å²) in [5.74, 6) is 4.76. The summed E-state index contributed by atoms with van der Waals surface area (Å²) in [5.41, 5.74) is 13.2. The molecule has 0 atom stereocenters. The minimum absolute atomic E-state index is 0.0904. The molecule has 0 saturated heterocycles. The number of benzene rings is 9. The Kier molecular flexibility index (Phi) is 6.66. The summed E-state index contributed by atoms with van der Waals surface area (Å²) in [6.07, 6.45) is 0. The van der Waals surface area contributed by atoms with Crippen molar-refractivity contribution in [3.63, 3.8) is 0 Å². The molecule has 5 nitrogen and oxygen atoms in total. The van der Waals surface area contributed by atoms with Crippen LogP contribution in [0.2, 0.25) is 0 Å². The van der Waals surface area contributed by atoms with Crippen molar-refractivity contribution in [1.29, 1.82) is 0 Å². The predicted molar refractivity (Wildman–Crippen MR) is 250 cm³/mol. The molecule has 11 aromatic rings. The maximum Gasteiger partial charge on any atom is 0.261 e. The van der Waals surface area contributed by atoms with E-state index in [1.807, 2.05) is 6.07 Å². The number of fused-ring (bicyclic) bond motifs is 13. The Labute approximate surface area is 351 Å². The monoisotopic (exact) mass is 778 g/mol. The molecule has 5 heterocycles. The van der Waals surface area contributed by atoms with Crippen LogP contribution in [0, 0.1) is 0 Å². The van der Waals surface area contributed by atoms with Crippen LogP contribution in [0.15, 0.2) is 194 Å². The SMILES string of the molecule is c1ccc2c(c1)Oc1cc3c(c4c1B2c1ccccc1O4)B(c1c(-n2c4ccccc4c4ccccc42)cccc1-n1c2ccccc2c2ccccc21)c1ccccc1O3. The first-order chi connectivity index (χ1) is 30.3. The van der Waals surface area contributed by atoms with Crippen molar-refractivity contribution in [2.75, 3.05) is 0 Å². The third kappa shape index (κ3) is 4.47. The van der Waals surface area contributed by atoms with Crippen LogP contribution in [0.5, 0.6) is 34.5 Å². The Morgan fingerprint density at radius 2 is 0.656 bits per heavy atom. The number of hydrogen-bond acceptors (Lipinski definition) is 3. The van der Waals surface area contributed by atoms with Gasteiger partial charge in [-0.2, -0.15) is 0 Å². The summed E-state index contributed by atoms with van der Waals surface area (Å²) >= 11 is 0. The number of para-hydroxylation sites is 7. The number of nitrogens with zero attached hydrogens (tertiary/aromatic N) is 2. The molecule has 282 valence electrons. The van der Waals surface area contributed by atoms with Gasteiger partial charge in [0.1, 0.15) is 34.5 Å². The fraction of sp³-hybridized carbons (Fsp3) is 0. The zero-order valence-electron chi connectivity index (χ0n) is 32.7. The van der Waals surface area contributed by atoms with E-state index in [0.29, 0.717) is 0 Å². The van der Waals surface area contributed by atoms with Gasteiger partial charge in [-0.1, -0.05) is 133 Å². The highest BCUT2D eigenvalue weighted by Crippen LogP contribution is 2.41. The first-order valence-electron chi connectivity index (χ1n) is 20.9. The van der Waals surface area contributed by atoms with Crippen LogP contribution in [-0.2, 0) is 0 Å². The lowest BCUT2D eigenvalue weighted by atomic mass is 9.31. The smallest absolute Gasteiger partial charge is 0.261 e. The van der Waals surface area contributed by atoms with E-state index >= 15 is 0 Å². The number of aromatic nitrogens is 2. The molecule has 0 unspecified atom stereocenters. The molecule has 9 aromatic carbocycles. The third-order valence-electron chi connectivity index (χ3n) is 13.2. The highest BCUT2D eigenvalue weighted by Gasteiger charge is 2.47. The van der Waals surface area contributed by atoms with Crippen LogP contribution in [0.25, 0.3) is 55.0 Å².